The minimum absolute atomic E-state index is 0.0122. The molecule has 0 unspecified atom stereocenters. The number of carbonyl (C=O) groups excluding carboxylic acids is 1. The molecule has 2 aromatic rings. The zero-order valence-electron chi connectivity index (χ0n) is 15.6. The Morgan fingerprint density at radius 3 is 2.00 bits per heavy atom. The molecule has 0 radical (unpaired) electrons. The zero-order valence-corrected chi connectivity index (χ0v) is 15.6. The predicted molar refractivity (Wildman–Crippen MR) is 102 cm³/mol. The van der Waals surface area contributed by atoms with Gasteiger partial charge in [0.1, 0.15) is 0 Å². The summed E-state index contributed by atoms with van der Waals surface area (Å²) in [7, 11) is 4.63. The second-order valence-electron chi connectivity index (χ2n) is 6.37. The van der Waals surface area contributed by atoms with Crippen molar-refractivity contribution in [2.45, 2.75) is 19.3 Å². The number of Topliss-reactive ketones (excluding diaryl/α,β-unsaturated/α-hetero) is 1. The van der Waals surface area contributed by atoms with Gasteiger partial charge in [-0.3, -0.25) is 4.79 Å². The molecule has 3 rings (SSSR count). The maximum absolute atomic E-state index is 12.7. The molecule has 0 amide bonds. The smallest absolute Gasteiger partial charge is 0.203 e. The molecule has 0 atom stereocenters. The summed E-state index contributed by atoms with van der Waals surface area (Å²) < 4.78 is 16.0. The fourth-order valence-electron chi connectivity index (χ4n) is 3.33. The molecule has 26 heavy (non-hydrogen) atoms. The van der Waals surface area contributed by atoms with Crippen LogP contribution in [0, 0.1) is 0 Å². The van der Waals surface area contributed by atoms with E-state index >= 15 is 0 Å². The second kappa shape index (κ2) is 8.13. The van der Waals surface area contributed by atoms with E-state index in [1.165, 1.54) is 18.5 Å². The van der Waals surface area contributed by atoms with Gasteiger partial charge >= 0.3 is 0 Å². The van der Waals surface area contributed by atoms with Crippen molar-refractivity contribution in [1.82, 2.24) is 0 Å². The Bertz CT molecular complexity index is 739. The van der Waals surface area contributed by atoms with Crippen molar-refractivity contribution >= 4 is 11.5 Å². The molecule has 138 valence electrons. The van der Waals surface area contributed by atoms with Crippen molar-refractivity contribution in [3.05, 3.63) is 47.5 Å². The van der Waals surface area contributed by atoms with Gasteiger partial charge in [0.05, 0.1) is 21.3 Å². The van der Waals surface area contributed by atoms with Crippen molar-refractivity contribution in [3.63, 3.8) is 0 Å². The number of nitrogens with zero attached hydrogens (tertiary/aromatic N) is 1. The van der Waals surface area contributed by atoms with Crippen molar-refractivity contribution in [2.24, 2.45) is 0 Å². The lowest BCUT2D eigenvalue weighted by Crippen LogP contribution is -2.17. The lowest BCUT2D eigenvalue weighted by atomic mass is 10.0. The van der Waals surface area contributed by atoms with Crippen LogP contribution in [0.4, 0.5) is 5.69 Å². The Morgan fingerprint density at radius 1 is 0.923 bits per heavy atom. The molecule has 1 aliphatic rings. The van der Waals surface area contributed by atoms with E-state index in [0.29, 0.717) is 29.2 Å². The lowest BCUT2D eigenvalue weighted by Gasteiger charge is -2.17. The van der Waals surface area contributed by atoms with Crippen LogP contribution < -0.4 is 19.1 Å². The molecule has 2 aromatic carbocycles. The van der Waals surface area contributed by atoms with Gasteiger partial charge in [0.25, 0.3) is 0 Å². The van der Waals surface area contributed by atoms with Gasteiger partial charge in [-0.25, -0.2) is 0 Å². The number of hydrogen-bond acceptors (Lipinski definition) is 5. The maximum Gasteiger partial charge on any atom is 0.203 e. The van der Waals surface area contributed by atoms with Crippen molar-refractivity contribution in [3.8, 4) is 17.2 Å². The number of ether oxygens (including phenoxy) is 3. The van der Waals surface area contributed by atoms with Gasteiger partial charge in [0.2, 0.25) is 5.75 Å². The Hall–Kier alpha value is -2.69. The molecule has 0 aromatic heterocycles. The van der Waals surface area contributed by atoms with E-state index < -0.39 is 0 Å². The zero-order chi connectivity index (χ0) is 18.5. The maximum atomic E-state index is 12.7. The fraction of sp³-hybridized carbons (Fsp3) is 0.381. The third-order valence-corrected chi connectivity index (χ3v) is 4.76. The van der Waals surface area contributed by atoms with Crippen LogP contribution in [-0.4, -0.2) is 40.2 Å². The van der Waals surface area contributed by atoms with Crippen LogP contribution >= 0.6 is 0 Å². The van der Waals surface area contributed by atoms with Crippen LogP contribution in [0.3, 0.4) is 0 Å². The molecule has 5 nitrogen and oxygen atoms in total. The summed E-state index contributed by atoms with van der Waals surface area (Å²) in [5.74, 6) is 1.47. The van der Waals surface area contributed by atoms with Gasteiger partial charge in [-0.05, 0) is 42.7 Å². The van der Waals surface area contributed by atoms with Crippen LogP contribution in [-0.2, 0) is 6.42 Å². The van der Waals surface area contributed by atoms with Gasteiger partial charge < -0.3 is 19.1 Å². The summed E-state index contributed by atoms with van der Waals surface area (Å²) in [5.41, 5.74) is 2.77. The quantitative estimate of drug-likeness (QED) is 0.708. The van der Waals surface area contributed by atoms with Gasteiger partial charge in [-0.15, -0.1) is 0 Å². The summed E-state index contributed by atoms with van der Waals surface area (Å²) in [6.07, 6.45) is 2.83. The monoisotopic (exact) mass is 355 g/mol. The molecule has 0 spiro atoms. The van der Waals surface area contributed by atoms with Crippen LogP contribution in [0.25, 0.3) is 0 Å². The summed E-state index contributed by atoms with van der Waals surface area (Å²) in [4.78, 5) is 15.1. The lowest BCUT2D eigenvalue weighted by molar-refractivity contribution is 0.0992. The molecule has 5 heteroatoms. The Morgan fingerprint density at radius 2 is 1.50 bits per heavy atom. The highest BCUT2D eigenvalue weighted by Gasteiger charge is 2.17. The average Bonchev–Trinajstić information content (AvgIpc) is 3.22. The first kappa shape index (κ1) is 18.1. The minimum Gasteiger partial charge on any atom is -0.493 e. The molecule has 1 heterocycles. The van der Waals surface area contributed by atoms with Crippen molar-refractivity contribution in [2.75, 3.05) is 39.3 Å². The van der Waals surface area contributed by atoms with Crippen LogP contribution in [0.1, 0.15) is 28.8 Å². The third-order valence-electron chi connectivity index (χ3n) is 4.76. The molecular weight excluding hydrogens is 330 g/mol. The first-order valence-corrected chi connectivity index (χ1v) is 8.83. The number of ketones is 1. The average molecular weight is 355 g/mol. The van der Waals surface area contributed by atoms with Gasteiger partial charge in [0.15, 0.2) is 17.3 Å². The molecule has 1 fully saturated rings. The molecule has 0 aliphatic carbocycles. The molecule has 1 aliphatic heterocycles. The Balaban J connectivity index is 1.77. The molecule has 0 bridgehead atoms. The fourth-order valence-corrected chi connectivity index (χ4v) is 3.33. The SMILES string of the molecule is COc1cc(C(=O)Cc2ccc(N3CCCC3)cc2)cc(OC)c1OC. The highest BCUT2D eigenvalue weighted by atomic mass is 16.5. The van der Waals surface area contributed by atoms with Gasteiger partial charge in [-0.2, -0.15) is 0 Å². The van der Waals surface area contributed by atoms with E-state index in [4.69, 9.17) is 14.2 Å². The first-order chi connectivity index (χ1) is 12.7. The summed E-state index contributed by atoms with van der Waals surface area (Å²) >= 11 is 0. The van der Waals surface area contributed by atoms with E-state index in [0.717, 1.165) is 18.7 Å². The summed E-state index contributed by atoms with van der Waals surface area (Å²) in [5, 5.41) is 0. The second-order valence-corrected chi connectivity index (χ2v) is 6.37. The van der Waals surface area contributed by atoms with Crippen LogP contribution in [0.15, 0.2) is 36.4 Å². The number of anilines is 1. The van der Waals surface area contributed by atoms with E-state index in [1.807, 2.05) is 12.1 Å². The molecular formula is C21H25NO4. The van der Waals surface area contributed by atoms with Gasteiger partial charge in [0, 0.05) is 30.8 Å². The van der Waals surface area contributed by atoms with Crippen molar-refractivity contribution in [1.29, 1.82) is 0 Å². The minimum atomic E-state index is 0.0122. The first-order valence-electron chi connectivity index (χ1n) is 8.83. The molecule has 0 N–H and O–H groups in total. The normalized spacial score (nSPS) is 13.6. The van der Waals surface area contributed by atoms with Crippen LogP contribution in [0.5, 0.6) is 17.2 Å². The Labute approximate surface area is 154 Å². The standard InChI is InChI=1S/C21H25NO4/c1-24-19-13-16(14-20(25-2)21(19)26-3)18(23)12-15-6-8-17(9-7-15)22-10-4-5-11-22/h6-9,13-14H,4-5,10-12H2,1-3H3. The number of hydrogen-bond donors (Lipinski definition) is 0. The predicted octanol–water partition coefficient (Wildman–Crippen LogP) is 3.74. The number of benzene rings is 2. The molecule has 0 saturated carbocycles. The molecule has 1 saturated heterocycles. The van der Waals surface area contributed by atoms with E-state index in [2.05, 4.69) is 17.0 Å². The van der Waals surface area contributed by atoms with E-state index in [-0.39, 0.29) is 5.78 Å². The van der Waals surface area contributed by atoms with Crippen molar-refractivity contribution < 1.29 is 19.0 Å². The highest BCUT2D eigenvalue weighted by Crippen LogP contribution is 2.38. The van der Waals surface area contributed by atoms with Gasteiger partial charge in [-0.1, -0.05) is 12.1 Å². The summed E-state index contributed by atoms with van der Waals surface area (Å²) in [6, 6.07) is 11.7. The summed E-state index contributed by atoms with van der Waals surface area (Å²) in [6.45, 7) is 2.23. The third kappa shape index (κ3) is 3.77. The number of rotatable bonds is 7. The largest absolute Gasteiger partial charge is 0.493 e. The Kier molecular flexibility index (Phi) is 5.66. The van der Waals surface area contributed by atoms with E-state index in [1.54, 1.807) is 33.5 Å². The number of methoxy groups -OCH3 is 3. The highest BCUT2D eigenvalue weighted by molar-refractivity contribution is 5.98. The van der Waals surface area contributed by atoms with Crippen LogP contribution in [0.2, 0.25) is 0 Å². The van der Waals surface area contributed by atoms with E-state index in [9.17, 15) is 4.79 Å². The topological polar surface area (TPSA) is 48.0 Å². The number of carbonyl (C=O) groups is 1.